The van der Waals surface area contributed by atoms with Crippen molar-refractivity contribution in [3.63, 3.8) is 0 Å². The highest BCUT2D eigenvalue weighted by atomic mass is 16.4. The molecule has 3 atom stereocenters. The van der Waals surface area contributed by atoms with Gasteiger partial charge in [0.05, 0.1) is 25.8 Å². The Morgan fingerprint density at radius 2 is 1.10 bits per heavy atom. The van der Waals surface area contributed by atoms with E-state index >= 15 is 0 Å². The monoisotopic (exact) mass is 418 g/mol. The van der Waals surface area contributed by atoms with Gasteiger partial charge in [0.15, 0.2) is 0 Å². The molecule has 15 heteroatoms. The Hall–Kier alpha value is -3.75. The molecule has 0 aliphatic rings. The molecule has 0 aliphatic heterocycles. The molecule has 0 spiro atoms. The normalized spacial score (nSPS) is 13.3. The fourth-order valence-electron chi connectivity index (χ4n) is 1.99. The van der Waals surface area contributed by atoms with Gasteiger partial charge in [-0.2, -0.15) is 0 Å². The Morgan fingerprint density at radius 3 is 1.48 bits per heavy atom. The third-order valence-electron chi connectivity index (χ3n) is 3.27. The molecule has 0 fully saturated rings. The van der Waals surface area contributed by atoms with Crippen molar-refractivity contribution in [1.82, 2.24) is 16.0 Å². The van der Waals surface area contributed by atoms with Crippen LogP contribution in [-0.4, -0.2) is 76.4 Å². The minimum Gasteiger partial charge on any atom is -0.481 e. The minimum absolute atomic E-state index is 0.533. The van der Waals surface area contributed by atoms with Gasteiger partial charge >= 0.3 is 11.9 Å². The van der Waals surface area contributed by atoms with Gasteiger partial charge in [0.2, 0.25) is 29.5 Å². The molecule has 0 aromatic rings. The van der Waals surface area contributed by atoms with Gasteiger partial charge in [-0.3, -0.25) is 28.8 Å². The van der Waals surface area contributed by atoms with Crippen molar-refractivity contribution in [1.29, 1.82) is 0 Å². The minimum atomic E-state index is -1.81. The highest BCUT2D eigenvalue weighted by molar-refractivity contribution is 5.97. The van der Waals surface area contributed by atoms with Crippen molar-refractivity contribution >= 4 is 41.5 Å². The van der Waals surface area contributed by atoms with Crippen LogP contribution in [-0.2, 0) is 33.6 Å². The zero-order valence-electron chi connectivity index (χ0n) is 15.0. The quantitative estimate of drug-likeness (QED) is 0.141. The van der Waals surface area contributed by atoms with E-state index in [1.807, 2.05) is 10.6 Å². The van der Waals surface area contributed by atoms with E-state index in [0.717, 1.165) is 0 Å². The number of hydrogen-bond donors (Lipinski definition) is 8. The number of aliphatic carboxylic acids is 2. The lowest BCUT2D eigenvalue weighted by atomic mass is 10.1. The van der Waals surface area contributed by atoms with Crippen LogP contribution in [0.3, 0.4) is 0 Å². The van der Waals surface area contributed by atoms with Crippen molar-refractivity contribution in [2.45, 2.75) is 37.4 Å². The van der Waals surface area contributed by atoms with Crippen LogP contribution in [0.5, 0.6) is 0 Å². The largest absolute Gasteiger partial charge is 0.481 e. The van der Waals surface area contributed by atoms with E-state index in [9.17, 15) is 33.6 Å². The second-order valence-corrected chi connectivity index (χ2v) is 5.72. The Balaban J connectivity index is 5.43. The van der Waals surface area contributed by atoms with Crippen LogP contribution in [0.2, 0.25) is 0 Å². The maximum atomic E-state index is 12.3. The van der Waals surface area contributed by atoms with Crippen molar-refractivity contribution in [2.75, 3.05) is 6.54 Å². The third kappa shape index (κ3) is 10.2. The van der Waals surface area contributed by atoms with Crippen molar-refractivity contribution in [2.24, 2.45) is 17.2 Å². The van der Waals surface area contributed by atoms with Crippen LogP contribution < -0.4 is 33.2 Å². The molecule has 3 unspecified atom stereocenters. The molecule has 0 saturated heterocycles. The van der Waals surface area contributed by atoms with Crippen LogP contribution in [0.15, 0.2) is 0 Å². The molecule has 15 nitrogen and oxygen atoms in total. The number of carboxylic acids is 2. The van der Waals surface area contributed by atoms with Gasteiger partial charge in [-0.15, -0.1) is 0 Å². The molecule has 0 radical (unpaired) electrons. The van der Waals surface area contributed by atoms with Crippen molar-refractivity contribution in [3.8, 4) is 0 Å². The van der Waals surface area contributed by atoms with E-state index in [1.54, 1.807) is 0 Å². The lowest BCUT2D eigenvalue weighted by Crippen LogP contribution is -2.57. The van der Waals surface area contributed by atoms with Gasteiger partial charge in [0.1, 0.15) is 18.1 Å². The van der Waals surface area contributed by atoms with Gasteiger partial charge in [0, 0.05) is 0 Å². The molecule has 0 heterocycles. The topological polar surface area (TPSA) is 274 Å². The molecule has 5 amide bonds. The summed E-state index contributed by atoms with van der Waals surface area (Å²) in [5.74, 6) is -8.44. The third-order valence-corrected chi connectivity index (χ3v) is 3.27. The number of hydrogen-bond acceptors (Lipinski definition) is 8. The summed E-state index contributed by atoms with van der Waals surface area (Å²) in [6, 6.07) is -5.14. The van der Waals surface area contributed by atoms with E-state index < -0.39 is 85.4 Å². The second-order valence-electron chi connectivity index (χ2n) is 5.72. The van der Waals surface area contributed by atoms with Crippen molar-refractivity contribution in [3.05, 3.63) is 0 Å². The first-order chi connectivity index (χ1) is 13.4. The number of primary amides is 2. The molecular formula is C14H22N6O9. The molecule has 29 heavy (non-hydrogen) atoms. The van der Waals surface area contributed by atoms with Crippen LogP contribution >= 0.6 is 0 Å². The summed E-state index contributed by atoms with van der Waals surface area (Å²) < 4.78 is 0. The molecule has 162 valence electrons. The zero-order valence-corrected chi connectivity index (χ0v) is 15.0. The summed E-state index contributed by atoms with van der Waals surface area (Å²) >= 11 is 0. The fourth-order valence-corrected chi connectivity index (χ4v) is 1.99. The maximum absolute atomic E-state index is 12.3. The molecular weight excluding hydrogens is 396 g/mol. The van der Waals surface area contributed by atoms with E-state index in [-0.39, 0.29) is 0 Å². The Labute approximate surface area is 163 Å². The Morgan fingerprint density at radius 1 is 0.690 bits per heavy atom. The number of carbonyl (C=O) groups is 7. The summed E-state index contributed by atoms with van der Waals surface area (Å²) in [5, 5.41) is 23.8. The Bertz CT molecular complexity index is 695. The van der Waals surface area contributed by atoms with E-state index in [2.05, 4.69) is 5.32 Å². The van der Waals surface area contributed by atoms with Crippen LogP contribution in [0, 0.1) is 0 Å². The van der Waals surface area contributed by atoms with Gasteiger partial charge in [-0.25, -0.2) is 4.79 Å². The van der Waals surface area contributed by atoms with E-state index in [0.29, 0.717) is 0 Å². The number of amides is 5. The van der Waals surface area contributed by atoms with Gasteiger partial charge in [-0.05, 0) is 0 Å². The Kier molecular flexibility index (Phi) is 10.3. The lowest BCUT2D eigenvalue weighted by molar-refractivity contribution is -0.145. The average molecular weight is 418 g/mol. The molecule has 0 rings (SSSR count). The first kappa shape index (κ1) is 25.2. The zero-order chi connectivity index (χ0) is 22.7. The predicted octanol–water partition coefficient (Wildman–Crippen LogP) is -5.29. The number of nitrogens with two attached hydrogens (primary N) is 3. The summed E-state index contributed by atoms with van der Waals surface area (Å²) in [7, 11) is 0. The van der Waals surface area contributed by atoms with Crippen LogP contribution in [0.1, 0.15) is 19.3 Å². The fraction of sp³-hybridized carbons (Fsp3) is 0.500. The van der Waals surface area contributed by atoms with Gasteiger partial charge in [0.25, 0.3) is 0 Å². The molecule has 0 saturated carbocycles. The number of carboxylic acid groups (broad SMARTS) is 2. The maximum Gasteiger partial charge on any atom is 0.326 e. The first-order valence-corrected chi connectivity index (χ1v) is 7.98. The highest BCUT2D eigenvalue weighted by Crippen LogP contribution is 2.01. The van der Waals surface area contributed by atoms with Gasteiger partial charge < -0.3 is 43.4 Å². The van der Waals surface area contributed by atoms with Crippen LogP contribution in [0.25, 0.3) is 0 Å². The lowest BCUT2D eigenvalue weighted by Gasteiger charge is -2.23. The van der Waals surface area contributed by atoms with Gasteiger partial charge in [-0.1, -0.05) is 0 Å². The summed E-state index contributed by atoms with van der Waals surface area (Å²) in [6.45, 7) is -0.533. The SMILES string of the molecule is NCC(=O)NC(CC(N)=O)C(=O)NC(CC(=O)O)C(=O)NC(CC(N)=O)C(=O)O. The molecule has 0 bridgehead atoms. The van der Waals surface area contributed by atoms with E-state index in [4.69, 9.17) is 27.4 Å². The molecule has 0 aromatic heterocycles. The number of carbonyl (C=O) groups excluding carboxylic acids is 5. The highest BCUT2D eigenvalue weighted by Gasteiger charge is 2.32. The number of rotatable bonds is 13. The first-order valence-electron chi connectivity index (χ1n) is 7.98. The molecule has 0 aromatic carbocycles. The molecule has 11 N–H and O–H groups in total. The summed E-state index contributed by atoms with van der Waals surface area (Å²) in [4.78, 5) is 79.9. The van der Waals surface area contributed by atoms with Crippen LogP contribution in [0.4, 0.5) is 0 Å². The van der Waals surface area contributed by atoms with E-state index in [1.165, 1.54) is 0 Å². The summed E-state index contributed by atoms with van der Waals surface area (Å²) in [5.41, 5.74) is 15.0. The smallest absolute Gasteiger partial charge is 0.326 e. The average Bonchev–Trinajstić information content (AvgIpc) is 2.58. The molecule has 0 aliphatic carbocycles. The predicted molar refractivity (Wildman–Crippen MR) is 92.4 cm³/mol. The standard InChI is InChI=1S/C14H22N6O9/c15-4-10(23)18-5(1-8(16)21)12(26)19-6(3-11(24)25)13(27)20-7(14(28)29)2-9(17)22/h5-7H,1-4,15H2,(H2,16,21)(H2,17,22)(H,18,23)(H,19,26)(H,20,27)(H,24,25)(H,28,29). The summed E-state index contributed by atoms with van der Waals surface area (Å²) in [6.07, 6.45) is -2.45. The van der Waals surface area contributed by atoms with Crippen molar-refractivity contribution < 1.29 is 43.8 Å². The second kappa shape index (κ2) is 11.9. The number of nitrogens with one attached hydrogen (secondary N) is 3.